The SMILES string of the molecule is CC1(C)c2ccccc2-c2ccc(N(c3ccc4c(c3)C(C)(C)c3cc5c(cc3-4)C(C)(C)c3cccc(C4=CCCC=C4)c3-5)c3ccc4c(c3)C(C)(C)c3cc5c(cc3-4)C(C)(C)c3cccc(-c4ccccc4)c3-5)cc21. The molecule has 6 aliphatic carbocycles. The molecule has 9 aromatic carbocycles. The maximum Gasteiger partial charge on any atom is 0.0465 e. The number of fused-ring (bicyclic) bond motifs is 15. The van der Waals surface area contributed by atoms with Gasteiger partial charge in [0, 0.05) is 44.1 Å². The van der Waals surface area contributed by atoms with Crippen molar-refractivity contribution in [1.82, 2.24) is 0 Å². The van der Waals surface area contributed by atoms with Gasteiger partial charge in [-0.3, -0.25) is 0 Å². The number of rotatable bonds is 5. The summed E-state index contributed by atoms with van der Waals surface area (Å²) in [6, 6.07) is 66.3. The molecule has 0 bridgehead atoms. The predicted molar refractivity (Wildman–Crippen MR) is 321 cm³/mol. The van der Waals surface area contributed by atoms with Gasteiger partial charge < -0.3 is 4.90 Å². The van der Waals surface area contributed by atoms with Crippen molar-refractivity contribution in [2.75, 3.05) is 4.90 Å². The molecule has 0 amide bonds. The molecule has 0 heterocycles. The van der Waals surface area contributed by atoms with Gasteiger partial charge in [0.05, 0.1) is 0 Å². The van der Waals surface area contributed by atoms with E-state index < -0.39 is 0 Å². The van der Waals surface area contributed by atoms with Crippen LogP contribution in [0.15, 0.2) is 188 Å². The third-order valence-electron chi connectivity index (χ3n) is 19.7. The number of nitrogens with zero attached hydrogens (tertiary/aromatic N) is 1. The van der Waals surface area contributed by atoms with Gasteiger partial charge in [0.25, 0.3) is 0 Å². The van der Waals surface area contributed by atoms with E-state index in [1.165, 1.54) is 151 Å². The first-order valence-corrected chi connectivity index (χ1v) is 27.9. The number of hydrogen-bond acceptors (Lipinski definition) is 1. The topological polar surface area (TPSA) is 3.24 Å². The van der Waals surface area contributed by atoms with E-state index in [1.807, 2.05) is 0 Å². The Morgan fingerprint density at radius 1 is 0.289 bits per heavy atom. The van der Waals surface area contributed by atoms with E-state index in [1.54, 1.807) is 0 Å². The standard InChI is InChI=1S/C75H65N/c1-71(2)59-28-18-17-25-51(59)52-34-31-46(37-62(52)71)76(47-32-35-53-55-40-67-57(42-65(55)74(7,8)63(53)38-47)69-49(44-21-13-11-14-22-44)26-19-29-60(69)72(67,3)4)48-33-36-54-56-41-68-58(43-66(56)75(9,10)64(54)39-48)70-50(45-23-15-12-16-24-45)27-20-30-61(70)73(68,5)6/h11,13-15,17-43H,12,16H2,1-10H3. The van der Waals surface area contributed by atoms with E-state index in [-0.39, 0.29) is 27.1 Å². The van der Waals surface area contributed by atoms with Gasteiger partial charge in [0.2, 0.25) is 0 Å². The van der Waals surface area contributed by atoms with Crippen LogP contribution >= 0.6 is 0 Å². The summed E-state index contributed by atoms with van der Waals surface area (Å²) in [4.78, 5) is 2.57. The van der Waals surface area contributed by atoms with Crippen LogP contribution in [0.2, 0.25) is 0 Å². The Morgan fingerprint density at radius 2 is 0.671 bits per heavy atom. The van der Waals surface area contributed by atoms with Crippen LogP contribution in [-0.2, 0) is 27.1 Å². The fraction of sp³-hybridized carbons (Fsp3) is 0.227. The van der Waals surface area contributed by atoms with E-state index in [2.05, 4.69) is 262 Å². The quantitative estimate of drug-likeness (QED) is 0.166. The monoisotopic (exact) mass is 980 g/mol. The molecule has 0 N–H and O–H groups in total. The summed E-state index contributed by atoms with van der Waals surface area (Å²) in [5.41, 5.74) is 35.7. The smallest absolute Gasteiger partial charge is 0.0465 e. The Balaban J connectivity index is 0.885. The molecule has 9 aromatic rings. The Kier molecular flexibility index (Phi) is 9.14. The van der Waals surface area contributed by atoms with Gasteiger partial charge in [-0.15, -0.1) is 0 Å². The van der Waals surface area contributed by atoms with E-state index in [9.17, 15) is 0 Å². The molecule has 15 rings (SSSR count). The van der Waals surface area contributed by atoms with E-state index in [0.717, 1.165) is 12.8 Å². The average Bonchev–Trinajstić information content (AvgIpc) is 4.08. The first-order valence-electron chi connectivity index (χ1n) is 27.9. The molecule has 0 aliphatic heterocycles. The van der Waals surface area contributed by atoms with Gasteiger partial charge >= 0.3 is 0 Å². The molecule has 6 aliphatic rings. The summed E-state index contributed by atoms with van der Waals surface area (Å²) in [6.45, 7) is 24.3. The molecule has 370 valence electrons. The van der Waals surface area contributed by atoms with Gasteiger partial charge in [-0.25, -0.2) is 0 Å². The molecular weight excluding hydrogens is 915 g/mol. The summed E-state index contributed by atoms with van der Waals surface area (Å²) >= 11 is 0. The van der Waals surface area contributed by atoms with Crippen LogP contribution in [0.1, 0.15) is 143 Å². The minimum atomic E-state index is -0.241. The lowest BCUT2D eigenvalue weighted by Crippen LogP contribution is -2.19. The van der Waals surface area contributed by atoms with Crippen LogP contribution in [-0.4, -0.2) is 0 Å². The van der Waals surface area contributed by atoms with Crippen LogP contribution in [0.3, 0.4) is 0 Å². The van der Waals surface area contributed by atoms with Crippen molar-refractivity contribution in [2.45, 2.75) is 109 Å². The molecule has 0 aromatic heterocycles. The van der Waals surface area contributed by atoms with Crippen LogP contribution in [0.4, 0.5) is 17.1 Å². The maximum atomic E-state index is 2.59. The summed E-state index contributed by atoms with van der Waals surface area (Å²) in [7, 11) is 0. The molecule has 0 unspecified atom stereocenters. The second kappa shape index (κ2) is 15.2. The highest BCUT2D eigenvalue weighted by Crippen LogP contribution is 2.61. The largest absolute Gasteiger partial charge is 0.310 e. The highest BCUT2D eigenvalue weighted by Gasteiger charge is 2.45. The zero-order valence-electron chi connectivity index (χ0n) is 45.8. The Bertz CT molecular complexity index is 4120. The summed E-state index contributed by atoms with van der Waals surface area (Å²) in [5, 5.41) is 0. The average molecular weight is 980 g/mol. The van der Waals surface area contributed by atoms with Crippen molar-refractivity contribution in [3.63, 3.8) is 0 Å². The van der Waals surface area contributed by atoms with Crippen molar-refractivity contribution in [3.05, 3.63) is 249 Å². The fourth-order valence-electron chi connectivity index (χ4n) is 15.5. The van der Waals surface area contributed by atoms with E-state index >= 15 is 0 Å². The Hall–Kier alpha value is -7.74. The first-order chi connectivity index (χ1) is 36.5. The number of anilines is 3. The molecule has 0 spiro atoms. The third kappa shape index (κ3) is 5.92. The van der Waals surface area contributed by atoms with E-state index in [4.69, 9.17) is 0 Å². The number of allylic oxidation sites excluding steroid dienone is 4. The lowest BCUT2D eigenvalue weighted by atomic mass is 9.79. The molecular formula is C75H65N. The van der Waals surface area contributed by atoms with Gasteiger partial charge in [-0.05, 0) is 207 Å². The summed E-state index contributed by atoms with van der Waals surface area (Å²) in [5.74, 6) is 0. The predicted octanol–water partition coefficient (Wildman–Crippen LogP) is 20.1. The molecule has 1 nitrogen and oxygen atoms in total. The highest BCUT2D eigenvalue weighted by molar-refractivity contribution is 5.99. The Labute approximate surface area is 450 Å². The van der Waals surface area contributed by atoms with Crippen molar-refractivity contribution in [2.24, 2.45) is 0 Å². The van der Waals surface area contributed by atoms with Gasteiger partial charge in [0.15, 0.2) is 0 Å². The van der Waals surface area contributed by atoms with Crippen LogP contribution in [0, 0.1) is 0 Å². The van der Waals surface area contributed by atoms with Crippen molar-refractivity contribution >= 4 is 22.6 Å². The minimum Gasteiger partial charge on any atom is -0.310 e. The zero-order chi connectivity index (χ0) is 52.0. The van der Waals surface area contributed by atoms with Crippen LogP contribution in [0.5, 0.6) is 0 Å². The van der Waals surface area contributed by atoms with Crippen molar-refractivity contribution in [1.29, 1.82) is 0 Å². The fourth-order valence-corrected chi connectivity index (χ4v) is 15.5. The maximum absolute atomic E-state index is 2.59. The molecule has 1 heteroatoms. The molecule has 0 radical (unpaired) electrons. The second-order valence-corrected chi connectivity index (χ2v) is 25.5. The molecule has 0 saturated heterocycles. The minimum absolute atomic E-state index is 0.119. The van der Waals surface area contributed by atoms with Gasteiger partial charge in [-0.2, -0.15) is 0 Å². The van der Waals surface area contributed by atoms with Crippen LogP contribution < -0.4 is 4.90 Å². The number of hydrogen-bond donors (Lipinski definition) is 0. The third-order valence-corrected chi connectivity index (χ3v) is 19.7. The van der Waals surface area contributed by atoms with Gasteiger partial charge in [-0.1, -0.05) is 197 Å². The molecule has 0 saturated carbocycles. The van der Waals surface area contributed by atoms with Crippen LogP contribution in [0.25, 0.3) is 72.3 Å². The molecule has 76 heavy (non-hydrogen) atoms. The van der Waals surface area contributed by atoms with Gasteiger partial charge in [0.1, 0.15) is 0 Å². The van der Waals surface area contributed by atoms with Crippen molar-refractivity contribution < 1.29 is 0 Å². The normalized spacial score (nSPS) is 17.8. The molecule has 0 fully saturated rings. The summed E-state index contributed by atoms with van der Waals surface area (Å²) in [6.07, 6.45) is 9.34. The summed E-state index contributed by atoms with van der Waals surface area (Å²) < 4.78 is 0. The zero-order valence-corrected chi connectivity index (χ0v) is 45.8. The molecule has 0 atom stereocenters. The lowest BCUT2D eigenvalue weighted by Gasteiger charge is -2.31. The Morgan fingerprint density at radius 3 is 1.20 bits per heavy atom. The van der Waals surface area contributed by atoms with Crippen molar-refractivity contribution in [3.8, 4) is 66.8 Å². The number of benzene rings is 9. The van der Waals surface area contributed by atoms with E-state index in [0.29, 0.717) is 0 Å². The second-order valence-electron chi connectivity index (χ2n) is 25.5. The highest BCUT2D eigenvalue weighted by atomic mass is 15.1. The lowest BCUT2D eigenvalue weighted by molar-refractivity contribution is 0.651. The first kappa shape index (κ1) is 45.6.